The number of Topliss-reactive ketones (excluding diaryl/α,β-unsaturated/α-hetero) is 1. The van der Waals surface area contributed by atoms with E-state index >= 15 is 0 Å². The molecule has 0 radical (unpaired) electrons. The third kappa shape index (κ3) is 4.49. The predicted molar refractivity (Wildman–Crippen MR) is 47.5 cm³/mol. The van der Waals surface area contributed by atoms with Gasteiger partial charge in [0.05, 0.1) is 0 Å². The molecule has 0 heterocycles. The van der Waals surface area contributed by atoms with E-state index in [1.165, 1.54) is 24.3 Å². The molecule has 15 heavy (non-hydrogen) atoms. The zero-order chi connectivity index (χ0) is 11.5. The smallest absolute Gasteiger partial charge is 0.395 e. The summed E-state index contributed by atoms with van der Waals surface area (Å²) in [6, 6.07) is 5.50. The highest BCUT2D eigenvalue weighted by molar-refractivity contribution is 5.81. The highest BCUT2D eigenvalue weighted by atomic mass is 19.4. The second-order valence-electron chi connectivity index (χ2n) is 3.17. The molecule has 82 valence electrons. The fourth-order valence-electron chi connectivity index (χ4n) is 1.13. The summed E-state index contributed by atoms with van der Waals surface area (Å²) in [7, 11) is 0. The Morgan fingerprint density at radius 1 is 1.20 bits per heavy atom. The second kappa shape index (κ2) is 4.33. The summed E-state index contributed by atoms with van der Waals surface area (Å²) in [6.07, 6.45) is -6.12. The summed E-state index contributed by atoms with van der Waals surface area (Å²) >= 11 is 0. The zero-order valence-corrected chi connectivity index (χ0v) is 7.71. The maximum Gasteiger partial charge on any atom is 0.395 e. The van der Waals surface area contributed by atoms with Gasteiger partial charge in [-0.1, -0.05) is 12.1 Å². The van der Waals surface area contributed by atoms with Crippen molar-refractivity contribution in [1.82, 2.24) is 0 Å². The van der Waals surface area contributed by atoms with E-state index in [2.05, 4.69) is 0 Å². The molecule has 0 aliphatic rings. The molecule has 0 fully saturated rings. The van der Waals surface area contributed by atoms with Crippen LogP contribution >= 0.6 is 0 Å². The van der Waals surface area contributed by atoms with Crippen LogP contribution in [0.5, 0.6) is 5.75 Å². The Morgan fingerprint density at radius 2 is 1.73 bits per heavy atom. The lowest BCUT2D eigenvalue weighted by atomic mass is 10.1. The number of phenolic OH excluding ortho intramolecular Hbond substituents is 1. The molecule has 0 amide bonds. The van der Waals surface area contributed by atoms with Gasteiger partial charge in [0.2, 0.25) is 0 Å². The van der Waals surface area contributed by atoms with Crippen molar-refractivity contribution < 1.29 is 23.1 Å². The number of alkyl halides is 3. The van der Waals surface area contributed by atoms with E-state index < -0.39 is 18.4 Å². The van der Waals surface area contributed by atoms with E-state index in [0.29, 0.717) is 5.56 Å². The molecule has 0 saturated heterocycles. The topological polar surface area (TPSA) is 37.3 Å². The van der Waals surface area contributed by atoms with Crippen molar-refractivity contribution in [3.63, 3.8) is 0 Å². The summed E-state index contributed by atoms with van der Waals surface area (Å²) in [5.74, 6) is -0.866. The van der Waals surface area contributed by atoms with Gasteiger partial charge < -0.3 is 5.11 Å². The van der Waals surface area contributed by atoms with Crippen molar-refractivity contribution in [2.24, 2.45) is 0 Å². The lowest BCUT2D eigenvalue weighted by Crippen LogP contribution is -2.16. The van der Waals surface area contributed by atoms with Crippen LogP contribution in [0.3, 0.4) is 0 Å². The minimum absolute atomic E-state index is 0.0158. The van der Waals surface area contributed by atoms with Gasteiger partial charge in [0.1, 0.15) is 18.0 Å². The Kier molecular flexibility index (Phi) is 3.34. The largest absolute Gasteiger partial charge is 0.508 e. The minimum atomic E-state index is -4.45. The van der Waals surface area contributed by atoms with E-state index in [4.69, 9.17) is 5.11 Å². The van der Waals surface area contributed by atoms with E-state index in [9.17, 15) is 18.0 Å². The van der Waals surface area contributed by atoms with Gasteiger partial charge in [-0.05, 0) is 17.7 Å². The maximum absolute atomic E-state index is 11.8. The normalized spacial score (nSPS) is 11.4. The molecule has 0 unspecified atom stereocenters. The molecule has 0 aromatic heterocycles. The van der Waals surface area contributed by atoms with Crippen molar-refractivity contribution in [3.05, 3.63) is 29.8 Å². The molecule has 0 saturated carbocycles. The van der Waals surface area contributed by atoms with Crippen LogP contribution in [0.25, 0.3) is 0 Å². The van der Waals surface area contributed by atoms with Crippen LogP contribution in [-0.4, -0.2) is 17.1 Å². The molecule has 0 bridgehead atoms. The summed E-state index contributed by atoms with van der Waals surface area (Å²) in [4.78, 5) is 10.9. The Labute approximate surface area is 84.3 Å². The molecule has 5 heteroatoms. The molecule has 0 atom stereocenters. The lowest BCUT2D eigenvalue weighted by Gasteiger charge is -2.05. The van der Waals surface area contributed by atoms with Crippen LogP contribution in [0.4, 0.5) is 13.2 Å². The molecular formula is C10H9F3O2. The maximum atomic E-state index is 11.8. The van der Waals surface area contributed by atoms with Gasteiger partial charge in [-0.3, -0.25) is 4.79 Å². The number of rotatable bonds is 3. The number of phenols is 1. The van der Waals surface area contributed by atoms with Crippen LogP contribution in [0.1, 0.15) is 12.0 Å². The third-order valence-corrected chi connectivity index (χ3v) is 1.74. The van der Waals surface area contributed by atoms with E-state index in [1.807, 2.05) is 0 Å². The number of hydrogen-bond acceptors (Lipinski definition) is 2. The lowest BCUT2D eigenvalue weighted by molar-refractivity contribution is -0.151. The first-order valence-corrected chi connectivity index (χ1v) is 4.23. The summed E-state index contributed by atoms with van der Waals surface area (Å²) in [5, 5.41) is 8.91. The first-order valence-electron chi connectivity index (χ1n) is 4.23. The van der Waals surface area contributed by atoms with Crippen molar-refractivity contribution in [1.29, 1.82) is 0 Å². The van der Waals surface area contributed by atoms with Crippen LogP contribution in [-0.2, 0) is 11.2 Å². The number of hydrogen-bond donors (Lipinski definition) is 1. The van der Waals surface area contributed by atoms with Gasteiger partial charge in [0.25, 0.3) is 0 Å². The summed E-state index contributed by atoms with van der Waals surface area (Å²) < 4.78 is 35.4. The number of benzene rings is 1. The van der Waals surface area contributed by atoms with Crippen molar-refractivity contribution in [2.45, 2.75) is 19.0 Å². The number of halogens is 3. The van der Waals surface area contributed by atoms with E-state index in [-0.39, 0.29) is 12.2 Å². The molecule has 1 rings (SSSR count). The van der Waals surface area contributed by atoms with Gasteiger partial charge in [0.15, 0.2) is 0 Å². The average Bonchev–Trinajstić information content (AvgIpc) is 2.05. The molecule has 0 aliphatic heterocycles. The molecule has 2 nitrogen and oxygen atoms in total. The van der Waals surface area contributed by atoms with E-state index in [1.54, 1.807) is 0 Å². The standard InChI is InChI=1S/C10H9F3O2/c11-10(12,13)6-9(15)5-7-1-3-8(14)4-2-7/h1-4,14H,5-6H2. The van der Waals surface area contributed by atoms with Gasteiger partial charge in [0, 0.05) is 6.42 Å². The van der Waals surface area contributed by atoms with Gasteiger partial charge >= 0.3 is 6.18 Å². The fraction of sp³-hybridized carbons (Fsp3) is 0.300. The predicted octanol–water partition coefficient (Wildman–Crippen LogP) is 2.46. The Balaban J connectivity index is 2.55. The Morgan fingerprint density at radius 3 is 2.20 bits per heavy atom. The first kappa shape index (κ1) is 11.6. The quantitative estimate of drug-likeness (QED) is 0.846. The minimum Gasteiger partial charge on any atom is -0.508 e. The summed E-state index contributed by atoms with van der Waals surface area (Å²) in [5.41, 5.74) is 0.460. The first-order chi connectivity index (χ1) is 6.87. The number of carbonyl (C=O) groups is 1. The van der Waals surface area contributed by atoms with Gasteiger partial charge in [-0.25, -0.2) is 0 Å². The zero-order valence-electron chi connectivity index (χ0n) is 7.71. The number of aromatic hydroxyl groups is 1. The molecule has 1 aromatic carbocycles. The van der Waals surface area contributed by atoms with Crippen LogP contribution in [0, 0.1) is 0 Å². The molecule has 0 aliphatic carbocycles. The van der Waals surface area contributed by atoms with E-state index in [0.717, 1.165) is 0 Å². The number of carbonyl (C=O) groups excluding carboxylic acids is 1. The monoisotopic (exact) mass is 218 g/mol. The molecule has 0 spiro atoms. The highest BCUT2D eigenvalue weighted by Crippen LogP contribution is 2.21. The Hall–Kier alpha value is -1.52. The van der Waals surface area contributed by atoms with Gasteiger partial charge in [-0.2, -0.15) is 13.2 Å². The SMILES string of the molecule is O=C(Cc1ccc(O)cc1)CC(F)(F)F. The van der Waals surface area contributed by atoms with Gasteiger partial charge in [-0.15, -0.1) is 0 Å². The van der Waals surface area contributed by atoms with Crippen LogP contribution in [0.2, 0.25) is 0 Å². The Bertz CT molecular complexity index is 341. The van der Waals surface area contributed by atoms with Crippen LogP contribution in [0.15, 0.2) is 24.3 Å². The molecular weight excluding hydrogens is 209 g/mol. The van der Waals surface area contributed by atoms with Crippen molar-refractivity contribution in [3.8, 4) is 5.75 Å². The molecule has 1 N–H and O–H groups in total. The highest BCUT2D eigenvalue weighted by Gasteiger charge is 2.30. The fourth-order valence-corrected chi connectivity index (χ4v) is 1.13. The number of ketones is 1. The third-order valence-electron chi connectivity index (χ3n) is 1.74. The molecule has 1 aromatic rings. The second-order valence-corrected chi connectivity index (χ2v) is 3.17. The van der Waals surface area contributed by atoms with Crippen molar-refractivity contribution in [2.75, 3.05) is 0 Å². The van der Waals surface area contributed by atoms with Crippen molar-refractivity contribution >= 4 is 5.78 Å². The van der Waals surface area contributed by atoms with Crippen LogP contribution < -0.4 is 0 Å². The summed E-state index contributed by atoms with van der Waals surface area (Å²) in [6.45, 7) is 0. The average molecular weight is 218 g/mol.